The summed E-state index contributed by atoms with van der Waals surface area (Å²) in [6.45, 7) is 1.93. The average molecular weight is 319 g/mol. The van der Waals surface area contributed by atoms with Gasteiger partial charge in [-0.2, -0.15) is 0 Å². The van der Waals surface area contributed by atoms with Gasteiger partial charge in [0.1, 0.15) is 6.04 Å². The molecule has 0 radical (unpaired) electrons. The van der Waals surface area contributed by atoms with Gasteiger partial charge in [0.2, 0.25) is 6.29 Å². The van der Waals surface area contributed by atoms with Gasteiger partial charge in [-0.05, 0) is 56.2 Å². The largest absolute Gasteiger partial charge is 0.417 e. The Morgan fingerprint density at radius 1 is 1.04 bits per heavy atom. The molecular formula is C18H25NO4. The lowest BCUT2D eigenvalue weighted by Gasteiger charge is -2.28. The highest BCUT2D eigenvalue weighted by Gasteiger charge is 2.39. The van der Waals surface area contributed by atoms with Crippen molar-refractivity contribution < 1.29 is 19.0 Å². The molecule has 1 aromatic rings. The van der Waals surface area contributed by atoms with Crippen LogP contribution in [-0.4, -0.2) is 38.7 Å². The minimum atomic E-state index is -0.508. The molecule has 1 saturated heterocycles. The predicted octanol–water partition coefficient (Wildman–Crippen LogP) is 3.68. The van der Waals surface area contributed by atoms with Crippen LogP contribution in [0.25, 0.3) is 0 Å². The zero-order chi connectivity index (χ0) is 16.4. The molecule has 2 unspecified atom stereocenters. The number of amides is 1. The number of rotatable bonds is 4. The maximum absolute atomic E-state index is 12.0. The third-order valence-electron chi connectivity index (χ3n) is 5.10. The highest BCUT2D eigenvalue weighted by atomic mass is 16.7. The first kappa shape index (κ1) is 16.3. The molecule has 2 atom stereocenters. The lowest BCUT2D eigenvalue weighted by Crippen LogP contribution is -2.34. The summed E-state index contributed by atoms with van der Waals surface area (Å²) in [5.41, 5.74) is 2.20. The number of carbonyl (C=O) groups excluding carboxylic acids is 1. The lowest BCUT2D eigenvalue weighted by molar-refractivity contribution is -0.0640. The first-order valence-electron chi connectivity index (χ1n) is 8.29. The Hall–Kier alpha value is -1.59. The molecule has 0 spiro atoms. The predicted molar refractivity (Wildman–Crippen MR) is 87.7 cm³/mol. The summed E-state index contributed by atoms with van der Waals surface area (Å²) < 4.78 is 15.8. The Kier molecular flexibility index (Phi) is 4.87. The van der Waals surface area contributed by atoms with Gasteiger partial charge in [-0.15, -0.1) is 0 Å². The number of methoxy groups -OCH3 is 2. The fourth-order valence-electron chi connectivity index (χ4n) is 3.67. The number of nitrogens with zero attached hydrogens (tertiary/aromatic N) is 1. The van der Waals surface area contributed by atoms with Gasteiger partial charge in [0.25, 0.3) is 0 Å². The monoisotopic (exact) mass is 319 g/mol. The fourth-order valence-corrected chi connectivity index (χ4v) is 3.67. The highest BCUT2D eigenvalue weighted by molar-refractivity contribution is 5.90. The van der Waals surface area contributed by atoms with E-state index in [1.54, 1.807) is 19.1 Å². The van der Waals surface area contributed by atoms with Gasteiger partial charge in [-0.1, -0.05) is 12.1 Å². The van der Waals surface area contributed by atoms with Crippen LogP contribution in [0.15, 0.2) is 24.3 Å². The van der Waals surface area contributed by atoms with Crippen molar-refractivity contribution in [3.63, 3.8) is 0 Å². The summed E-state index contributed by atoms with van der Waals surface area (Å²) in [6.07, 6.45) is 4.11. The minimum Gasteiger partial charge on any atom is -0.417 e. The molecule has 5 heteroatoms. The van der Waals surface area contributed by atoms with Gasteiger partial charge in [0.05, 0.1) is 6.10 Å². The molecule has 0 bridgehead atoms. The summed E-state index contributed by atoms with van der Waals surface area (Å²) >= 11 is 0. The second kappa shape index (κ2) is 6.89. The second-order valence-corrected chi connectivity index (χ2v) is 6.40. The van der Waals surface area contributed by atoms with Crippen molar-refractivity contribution in [2.45, 2.75) is 57.0 Å². The summed E-state index contributed by atoms with van der Waals surface area (Å²) in [5.74, 6) is 0.588. The van der Waals surface area contributed by atoms with Crippen LogP contribution >= 0.6 is 0 Å². The Bertz CT molecular complexity index is 536. The van der Waals surface area contributed by atoms with Crippen LogP contribution in [0.1, 0.15) is 44.1 Å². The van der Waals surface area contributed by atoms with E-state index in [1.165, 1.54) is 5.56 Å². The van der Waals surface area contributed by atoms with Crippen LogP contribution < -0.4 is 4.90 Å². The average Bonchev–Trinajstić information content (AvgIpc) is 2.89. The molecule has 1 heterocycles. The Labute approximate surface area is 137 Å². The van der Waals surface area contributed by atoms with E-state index in [0.29, 0.717) is 12.0 Å². The van der Waals surface area contributed by atoms with Gasteiger partial charge in [-0.25, -0.2) is 4.79 Å². The number of hydrogen-bond acceptors (Lipinski definition) is 4. The molecule has 1 aromatic carbocycles. The molecule has 0 aromatic heterocycles. The Morgan fingerprint density at radius 3 is 2.22 bits per heavy atom. The van der Waals surface area contributed by atoms with Crippen LogP contribution in [-0.2, 0) is 14.2 Å². The topological polar surface area (TPSA) is 48.0 Å². The molecule has 23 heavy (non-hydrogen) atoms. The summed E-state index contributed by atoms with van der Waals surface area (Å²) in [5, 5.41) is 0. The number of cyclic esters (lactones) is 1. The van der Waals surface area contributed by atoms with Crippen molar-refractivity contribution in [2.24, 2.45) is 0 Å². The molecule has 2 aliphatic rings. The van der Waals surface area contributed by atoms with Crippen LogP contribution in [0.3, 0.4) is 0 Å². The number of benzene rings is 1. The number of carbonyl (C=O) groups is 1. The van der Waals surface area contributed by atoms with Crippen molar-refractivity contribution in [3.8, 4) is 0 Å². The smallest absolute Gasteiger partial charge is 0.417 e. The van der Waals surface area contributed by atoms with E-state index in [-0.39, 0.29) is 12.1 Å². The second-order valence-electron chi connectivity index (χ2n) is 6.40. The van der Waals surface area contributed by atoms with Crippen LogP contribution in [0.4, 0.5) is 10.5 Å². The van der Waals surface area contributed by atoms with Gasteiger partial charge in [0.15, 0.2) is 0 Å². The van der Waals surface area contributed by atoms with Crippen molar-refractivity contribution in [1.29, 1.82) is 0 Å². The summed E-state index contributed by atoms with van der Waals surface area (Å²) in [6, 6.07) is 8.15. The van der Waals surface area contributed by atoms with Crippen molar-refractivity contribution in [3.05, 3.63) is 29.8 Å². The molecule has 1 saturated carbocycles. The minimum absolute atomic E-state index is 0.129. The quantitative estimate of drug-likeness (QED) is 0.849. The summed E-state index contributed by atoms with van der Waals surface area (Å²) in [4.78, 5) is 13.7. The first-order valence-corrected chi connectivity index (χ1v) is 8.29. The maximum atomic E-state index is 12.0. The number of hydrogen-bond donors (Lipinski definition) is 0. The SMILES string of the molecule is COC1CCC(c2ccc(N3C(=O)OC(OC)C3C)cc2)CC1. The third-order valence-corrected chi connectivity index (χ3v) is 5.10. The first-order chi connectivity index (χ1) is 11.1. The van der Waals surface area contributed by atoms with Gasteiger partial charge in [0, 0.05) is 19.9 Å². The van der Waals surface area contributed by atoms with E-state index in [9.17, 15) is 4.79 Å². The number of anilines is 1. The Balaban J connectivity index is 1.69. The molecule has 0 N–H and O–H groups in total. The zero-order valence-electron chi connectivity index (χ0n) is 14.0. The lowest BCUT2D eigenvalue weighted by atomic mass is 9.82. The van der Waals surface area contributed by atoms with Crippen molar-refractivity contribution in [2.75, 3.05) is 19.1 Å². The maximum Gasteiger partial charge on any atom is 0.417 e. The van der Waals surface area contributed by atoms with E-state index < -0.39 is 6.29 Å². The van der Waals surface area contributed by atoms with E-state index in [4.69, 9.17) is 14.2 Å². The van der Waals surface area contributed by atoms with Crippen LogP contribution in [0.2, 0.25) is 0 Å². The van der Waals surface area contributed by atoms with E-state index in [2.05, 4.69) is 12.1 Å². The summed E-state index contributed by atoms with van der Waals surface area (Å²) in [7, 11) is 3.35. The fraction of sp³-hybridized carbons (Fsp3) is 0.611. The highest BCUT2D eigenvalue weighted by Crippen LogP contribution is 2.35. The molecule has 1 aliphatic heterocycles. The van der Waals surface area contributed by atoms with Crippen molar-refractivity contribution >= 4 is 11.8 Å². The van der Waals surface area contributed by atoms with E-state index in [0.717, 1.165) is 31.4 Å². The number of ether oxygens (including phenoxy) is 3. The molecule has 126 valence electrons. The standard InChI is InChI=1S/C18H25NO4/c1-12-17(22-3)23-18(20)19(12)15-8-4-13(5-9-15)14-6-10-16(21-2)11-7-14/h4-5,8-9,12,14,16-17H,6-7,10-11H2,1-3H3. The molecule has 1 amide bonds. The normalized spacial score (nSPS) is 31.3. The molecular weight excluding hydrogens is 294 g/mol. The van der Waals surface area contributed by atoms with E-state index >= 15 is 0 Å². The van der Waals surface area contributed by atoms with Crippen LogP contribution in [0.5, 0.6) is 0 Å². The van der Waals surface area contributed by atoms with E-state index in [1.807, 2.05) is 19.1 Å². The van der Waals surface area contributed by atoms with Gasteiger partial charge < -0.3 is 14.2 Å². The molecule has 1 aliphatic carbocycles. The molecule has 3 rings (SSSR count). The molecule has 2 fully saturated rings. The Morgan fingerprint density at radius 2 is 1.70 bits per heavy atom. The van der Waals surface area contributed by atoms with Gasteiger partial charge in [-0.3, -0.25) is 4.90 Å². The van der Waals surface area contributed by atoms with Crippen LogP contribution in [0, 0.1) is 0 Å². The van der Waals surface area contributed by atoms with Crippen molar-refractivity contribution in [1.82, 2.24) is 0 Å². The zero-order valence-corrected chi connectivity index (χ0v) is 14.0. The van der Waals surface area contributed by atoms with Gasteiger partial charge >= 0.3 is 6.09 Å². The third kappa shape index (κ3) is 3.21. The molecule has 5 nitrogen and oxygen atoms in total.